The summed E-state index contributed by atoms with van der Waals surface area (Å²) < 4.78 is 7.19. The topological polar surface area (TPSA) is 73.2 Å². The highest BCUT2D eigenvalue weighted by atomic mass is 32.2. The number of ether oxygens (including phenoxy) is 1. The molecule has 0 radical (unpaired) electrons. The molecule has 0 saturated carbocycles. The molecule has 0 unspecified atom stereocenters. The summed E-state index contributed by atoms with van der Waals surface area (Å²) >= 11 is 1.30. The Bertz CT molecular complexity index is 909. The molecular formula is C19H19N3O3S. The van der Waals surface area contributed by atoms with Gasteiger partial charge in [-0.2, -0.15) is 0 Å². The summed E-state index contributed by atoms with van der Waals surface area (Å²) in [6.07, 6.45) is 0. The van der Waals surface area contributed by atoms with Crippen LogP contribution in [0.25, 0.3) is 11.0 Å². The lowest BCUT2D eigenvalue weighted by Gasteiger charge is -2.08. The molecule has 3 aromatic rings. The number of imide groups is 1. The van der Waals surface area contributed by atoms with Gasteiger partial charge >= 0.3 is 0 Å². The minimum absolute atomic E-state index is 0.106. The lowest BCUT2D eigenvalue weighted by Crippen LogP contribution is -2.31. The third kappa shape index (κ3) is 4.30. The second-order valence-corrected chi connectivity index (χ2v) is 6.50. The quantitative estimate of drug-likeness (QED) is 0.648. The van der Waals surface area contributed by atoms with Gasteiger partial charge in [-0.15, -0.1) is 0 Å². The molecule has 2 amide bonds. The van der Waals surface area contributed by atoms with E-state index in [1.165, 1.54) is 11.8 Å². The van der Waals surface area contributed by atoms with Crippen molar-refractivity contribution in [3.8, 4) is 0 Å². The first kappa shape index (κ1) is 18.2. The molecule has 0 aliphatic rings. The van der Waals surface area contributed by atoms with Gasteiger partial charge in [-0.3, -0.25) is 14.9 Å². The molecule has 0 saturated heterocycles. The van der Waals surface area contributed by atoms with Gasteiger partial charge in [0.05, 0.1) is 23.4 Å². The van der Waals surface area contributed by atoms with Crippen LogP contribution < -0.4 is 5.32 Å². The van der Waals surface area contributed by atoms with E-state index in [0.717, 1.165) is 16.2 Å². The molecule has 0 spiro atoms. The second kappa shape index (κ2) is 8.64. The molecule has 1 heterocycles. The van der Waals surface area contributed by atoms with E-state index in [9.17, 15) is 9.59 Å². The van der Waals surface area contributed by atoms with Gasteiger partial charge < -0.3 is 9.30 Å². The highest BCUT2D eigenvalue weighted by Gasteiger charge is 2.14. The number of carbonyl (C=O) groups excluding carboxylic acids is 2. The van der Waals surface area contributed by atoms with Crippen LogP contribution in [-0.2, 0) is 16.1 Å². The summed E-state index contributed by atoms with van der Waals surface area (Å²) in [4.78, 5) is 28.7. The van der Waals surface area contributed by atoms with Crippen LogP contribution in [0.5, 0.6) is 0 Å². The summed E-state index contributed by atoms with van der Waals surface area (Å²) in [5.41, 5.74) is 2.32. The SMILES string of the molecule is COCCn1c(SCC(=O)NC(=O)c2ccccc2)nc2ccccc21. The summed E-state index contributed by atoms with van der Waals surface area (Å²) in [5, 5.41) is 3.13. The number of hydrogen-bond acceptors (Lipinski definition) is 5. The molecule has 1 aromatic heterocycles. The van der Waals surface area contributed by atoms with Crippen LogP contribution in [0.2, 0.25) is 0 Å². The number of thioether (sulfide) groups is 1. The van der Waals surface area contributed by atoms with Crippen molar-refractivity contribution < 1.29 is 14.3 Å². The van der Waals surface area contributed by atoms with E-state index in [0.29, 0.717) is 18.7 Å². The van der Waals surface area contributed by atoms with Gasteiger partial charge in [0.15, 0.2) is 5.16 Å². The Hall–Kier alpha value is -2.64. The predicted molar refractivity (Wildman–Crippen MR) is 101 cm³/mol. The lowest BCUT2D eigenvalue weighted by molar-refractivity contribution is -0.117. The van der Waals surface area contributed by atoms with Gasteiger partial charge in [0.2, 0.25) is 5.91 Å². The predicted octanol–water partition coefficient (Wildman–Crippen LogP) is 2.73. The smallest absolute Gasteiger partial charge is 0.257 e. The first-order chi connectivity index (χ1) is 12.7. The number of rotatable bonds is 7. The number of carbonyl (C=O) groups is 2. The highest BCUT2D eigenvalue weighted by molar-refractivity contribution is 7.99. The van der Waals surface area contributed by atoms with Gasteiger partial charge in [0.25, 0.3) is 5.91 Å². The first-order valence-electron chi connectivity index (χ1n) is 8.15. The number of amides is 2. The average Bonchev–Trinajstić information content (AvgIpc) is 3.03. The third-order valence-electron chi connectivity index (χ3n) is 3.76. The van der Waals surface area contributed by atoms with Crippen molar-refractivity contribution in [2.24, 2.45) is 0 Å². The molecule has 0 atom stereocenters. The Morgan fingerprint density at radius 2 is 1.85 bits per heavy atom. The Kier molecular flexibility index (Phi) is 6.04. The van der Waals surface area contributed by atoms with Gasteiger partial charge in [-0.05, 0) is 24.3 Å². The van der Waals surface area contributed by atoms with E-state index in [1.807, 2.05) is 34.9 Å². The summed E-state index contributed by atoms with van der Waals surface area (Å²) in [7, 11) is 1.65. The largest absolute Gasteiger partial charge is 0.383 e. The van der Waals surface area contributed by atoms with E-state index >= 15 is 0 Å². The van der Waals surface area contributed by atoms with Crippen LogP contribution in [0.15, 0.2) is 59.8 Å². The Morgan fingerprint density at radius 3 is 2.62 bits per heavy atom. The minimum atomic E-state index is -0.399. The first-order valence-corrected chi connectivity index (χ1v) is 9.14. The van der Waals surface area contributed by atoms with Crippen molar-refractivity contribution in [1.82, 2.24) is 14.9 Å². The number of hydrogen-bond donors (Lipinski definition) is 1. The maximum Gasteiger partial charge on any atom is 0.257 e. The number of imidazole rings is 1. The molecule has 134 valence electrons. The van der Waals surface area contributed by atoms with E-state index in [4.69, 9.17) is 4.74 Å². The third-order valence-corrected chi connectivity index (χ3v) is 4.74. The summed E-state index contributed by atoms with van der Waals surface area (Å²) in [6, 6.07) is 16.5. The summed E-state index contributed by atoms with van der Waals surface area (Å²) in [6.45, 7) is 1.19. The summed E-state index contributed by atoms with van der Waals surface area (Å²) in [5.74, 6) is -0.646. The number of nitrogens with zero attached hydrogens (tertiary/aromatic N) is 2. The number of methoxy groups -OCH3 is 1. The molecule has 0 aliphatic heterocycles. The van der Waals surface area contributed by atoms with Crippen LogP contribution in [0.3, 0.4) is 0 Å². The molecule has 6 nitrogen and oxygen atoms in total. The molecule has 2 aromatic carbocycles. The molecule has 1 N–H and O–H groups in total. The number of para-hydroxylation sites is 2. The van der Waals surface area contributed by atoms with Gasteiger partial charge in [0.1, 0.15) is 0 Å². The van der Waals surface area contributed by atoms with E-state index in [2.05, 4.69) is 10.3 Å². The van der Waals surface area contributed by atoms with Gasteiger partial charge in [0, 0.05) is 19.2 Å². The van der Waals surface area contributed by atoms with Crippen LogP contribution in [0.4, 0.5) is 0 Å². The fraction of sp³-hybridized carbons (Fsp3) is 0.211. The van der Waals surface area contributed by atoms with Crippen molar-refractivity contribution in [3.05, 3.63) is 60.2 Å². The van der Waals surface area contributed by atoms with Gasteiger partial charge in [-0.25, -0.2) is 4.98 Å². The van der Waals surface area contributed by atoms with Crippen LogP contribution in [0.1, 0.15) is 10.4 Å². The minimum Gasteiger partial charge on any atom is -0.383 e. The average molecular weight is 369 g/mol. The molecule has 7 heteroatoms. The van der Waals surface area contributed by atoms with E-state index in [1.54, 1.807) is 31.4 Å². The van der Waals surface area contributed by atoms with E-state index in [-0.39, 0.29) is 11.7 Å². The standard InChI is InChI=1S/C19H19N3O3S/c1-25-12-11-22-16-10-6-5-9-15(16)20-19(22)26-13-17(23)21-18(24)14-7-3-2-4-8-14/h2-10H,11-13H2,1H3,(H,21,23,24). The lowest BCUT2D eigenvalue weighted by atomic mass is 10.2. The zero-order valence-corrected chi connectivity index (χ0v) is 15.2. The molecule has 0 aliphatic carbocycles. The molecule has 0 bridgehead atoms. The fourth-order valence-electron chi connectivity index (χ4n) is 2.52. The van der Waals surface area contributed by atoms with Crippen molar-refractivity contribution >= 4 is 34.6 Å². The Morgan fingerprint density at radius 1 is 1.12 bits per heavy atom. The van der Waals surface area contributed by atoms with Crippen molar-refractivity contribution in [3.63, 3.8) is 0 Å². The molecule has 0 fully saturated rings. The van der Waals surface area contributed by atoms with Crippen LogP contribution in [0, 0.1) is 0 Å². The van der Waals surface area contributed by atoms with Crippen LogP contribution in [-0.4, -0.2) is 40.8 Å². The number of fused-ring (bicyclic) bond motifs is 1. The number of nitrogens with one attached hydrogen (secondary N) is 1. The Labute approximate surface area is 155 Å². The monoisotopic (exact) mass is 369 g/mol. The van der Waals surface area contributed by atoms with Crippen molar-refractivity contribution in [2.75, 3.05) is 19.5 Å². The van der Waals surface area contributed by atoms with Gasteiger partial charge in [-0.1, -0.05) is 42.1 Å². The molecular weight excluding hydrogens is 350 g/mol. The number of aromatic nitrogens is 2. The normalized spacial score (nSPS) is 10.8. The molecule has 3 rings (SSSR count). The molecule has 26 heavy (non-hydrogen) atoms. The Balaban J connectivity index is 1.67. The zero-order chi connectivity index (χ0) is 18.4. The zero-order valence-electron chi connectivity index (χ0n) is 14.3. The number of benzene rings is 2. The van der Waals surface area contributed by atoms with Crippen LogP contribution >= 0.6 is 11.8 Å². The van der Waals surface area contributed by atoms with Crippen molar-refractivity contribution in [1.29, 1.82) is 0 Å². The maximum absolute atomic E-state index is 12.1. The second-order valence-electron chi connectivity index (χ2n) is 5.56. The van der Waals surface area contributed by atoms with E-state index < -0.39 is 5.91 Å². The fourth-order valence-corrected chi connectivity index (χ4v) is 3.36. The maximum atomic E-state index is 12.1. The van der Waals surface area contributed by atoms with Crippen molar-refractivity contribution in [2.45, 2.75) is 11.7 Å². The highest BCUT2D eigenvalue weighted by Crippen LogP contribution is 2.23.